The van der Waals surface area contributed by atoms with Crippen molar-refractivity contribution in [3.63, 3.8) is 0 Å². The van der Waals surface area contributed by atoms with E-state index in [1.54, 1.807) is 18.6 Å². The number of thiazole rings is 1. The van der Waals surface area contributed by atoms with Gasteiger partial charge in [0, 0.05) is 17.1 Å². The first-order chi connectivity index (χ1) is 7.78. The molecule has 7 heteroatoms. The summed E-state index contributed by atoms with van der Waals surface area (Å²) in [5.74, 6) is 1.15. The van der Waals surface area contributed by atoms with Gasteiger partial charge in [-0.2, -0.15) is 0 Å². The summed E-state index contributed by atoms with van der Waals surface area (Å²) in [6, 6.07) is 1.68. The Hall–Kier alpha value is -1.89. The zero-order chi connectivity index (χ0) is 11.4. The van der Waals surface area contributed by atoms with E-state index in [2.05, 4.69) is 20.3 Å². The lowest BCUT2D eigenvalue weighted by Crippen LogP contribution is -2.04. The van der Waals surface area contributed by atoms with E-state index in [9.17, 15) is 4.79 Å². The van der Waals surface area contributed by atoms with Crippen LogP contribution in [0.25, 0.3) is 0 Å². The van der Waals surface area contributed by atoms with Crippen LogP contribution in [0.3, 0.4) is 0 Å². The highest BCUT2D eigenvalue weighted by Crippen LogP contribution is 2.10. The van der Waals surface area contributed by atoms with Crippen LogP contribution in [0.5, 0.6) is 5.88 Å². The van der Waals surface area contributed by atoms with Gasteiger partial charge in [-0.05, 0) is 0 Å². The summed E-state index contributed by atoms with van der Waals surface area (Å²) in [7, 11) is 1.54. The van der Waals surface area contributed by atoms with Gasteiger partial charge in [0.2, 0.25) is 5.88 Å². The average Bonchev–Trinajstić information content (AvgIpc) is 2.73. The van der Waals surface area contributed by atoms with Crippen LogP contribution in [0.1, 0.15) is 5.69 Å². The fourth-order valence-corrected chi connectivity index (χ4v) is 1.72. The molecule has 84 valence electrons. The number of rotatable bonds is 4. The van der Waals surface area contributed by atoms with E-state index in [1.807, 2.05) is 0 Å². The van der Waals surface area contributed by atoms with E-state index in [4.69, 9.17) is 4.74 Å². The Bertz CT molecular complexity index is 522. The maximum absolute atomic E-state index is 10.9. The van der Waals surface area contributed by atoms with E-state index in [-0.39, 0.29) is 4.87 Å². The minimum absolute atomic E-state index is 0.0583. The lowest BCUT2D eigenvalue weighted by atomic mass is 10.4. The summed E-state index contributed by atoms with van der Waals surface area (Å²) in [6.07, 6.45) is 1.41. The third kappa shape index (κ3) is 2.57. The van der Waals surface area contributed by atoms with Crippen LogP contribution < -0.4 is 14.9 Å². The van der Waals surface area contributed by atoms with Crippen LogP contribution >= 0.6 is 11.3 Å². The molecule has 0 fully saturated rings. The second-order valence-corrected chi connectivity index (χ2v) is 3.81. The summed E-state index contributed by atoms with van der Waals surface area (Å²) in [5, 5.41) is 4.83. The Morgan fingerprint density at radius 3 is 3.12 bits per heavy atom. The Balaban J connectivity index is 2.01. The molecule has 16 heavy (non-hydrogen) atoms. The molecule has 0 spiro atoms. The van der Waals surface area contributed by atoms with E-state index in [0.717, 1.165) is 17.0 Å². The maximum atomic E-state index is 10.9. The first kappa shape index (κ1) is 10.6. The van der Waals surface area contributed by atoms with E-state index in [0.29, 0.717) is 18.2 Å². The molecule has 2 N–H and O–H groups in total. The van der Waals surface area contributed by atoms with Crippen LogP contribution in [0, 0.1) is 0 Å². The summed E-state index contributed by atoms with van der Waals surface area (Å²) in [5.41, 5.74) is 0.826. The standard InChI is InChI=1S/C9H10N4O2S/c1-15-8-2-7(11-5-12-8)10-3-6-4-16-9(14)13-6/h2,4-5H,3H2,1H3,(H,13,14)(H,10,11,12). The van der Waals surface area contributed by atoms with Crippen molar-refractivity contribution in [2.75, 3.05) is 12.4 Å². The van der Waals surface area contributed by atoms with Gasteiger partial charge in [0.25, 0.3) is 0 Å². The van der Waals surface area contributed by atoms with Crippen LogP contribution in [-0.2, 0) is 6.54 Å². The zero-order valence-corrected chi connectivity index (χ0v) is 9.37. The molecule has 0 aliphatic carbocycles. The second kappa shape index (κ2) is 4.75. The number of hydrogen-bond acceptors (Lipinski definition) is 6. The Kier molecular flexibility index (Phi) is 3.16. The maximum Gasteiger partial charge on any atom is 0.304 e. The van der Waals surface area contributed by atoms with Crippen molar-refractivity contribution in [1.82, 2.24) is 15.0 Å². The van der Waals surface area contributed by atoms with Gasteiger partial charge in [0.1, 0.15) is 12.1 Å². The molecule has 2 heterocycles. The van der Waals surface area contributed by atoms with Gasteiger partial charge in [-0.15, -0.1) is 0 Å². The normalized spacial score (nSPS) is 10.1. The van der Waals surface area contributed by atoms with Crippen LogP contribution in [-0.4, -0.2) is 22.1 Å². The van der Waals surface area contributed by atoms with E-state index in [1.165, 1.54) is 6.33 Å². The molecule has 0 radical (unpaired) electrons. The lowest BCUT2D eigenvalue weighted by Gasteiger charge is -2.04. The zero-order valence-electron chi connectivity index (χ0n) is 8.56. The quantitative estimate of drug-likeness (QED) is 0.825. The summed E-state index contributed by atoms with van der Waals surface area (Å²) < 4.78 is 4.96. The predicted octanol–water partition coefficient (Wildman–Crippen LogP) is 0.847. The summed E-state index contributed by atoms with van der Waals surface area (Å²) in [4.78, 5) is 21.4. The van der Waals surface area contributed by atoms with Gasteiger partial charge in [-0.25, -0.2) is 9.97 Å². The minimum Gasteiger partial charge on any atom is -0.481 e. The van der Waals surface area contributed by atoms with Gasteiger partial charge in [0.15, 0.2) is 0 Å². The number of anilines is 1. The van der Waals surface area contributed by atoms with Gasteiger partial charge >= 0.3 is 4.87 Å². The monoisotopic (exact) mass is 238 g/mol. The van der Waals surface area contributed by atoms with E-state index < -0.39 is 0 Å². The van der Waals surface area contributed by atoms with Crippen molar-refractivity contribution in [2.45, 2.75) is 6.54 Å². The van der Waals surface area contributed by atoms with Crippen molar-refractivity contribution in [1.29, 1.82) is 0 Å². The third-order valence-corrected chi connectivity index (χ3v) is 2.60. The van der Waals surface area contributed by atoms with Crippen LogP contribution in [0.2, 0.25) is 0 Å². The summed E-state index contributed by atoms with van der Waals surface area (Å²) >= 11 is 1.14. The van der Waals surface area contributed by atoms with Crippen molar-refractivity contribution in [3.8, 4) is 5.88 Å². The SMILES string of the molecule is COc1cc(NCc2csc(=O)[nH]2)ncn1. The molecule has 0 aliphatic heterocycles. The van der Waals surface area contributed by atoms with Gasteiger partial charge < -0.3 is 15.0 Å². The largest absolute Gasteiger partial charge is 0.481 e. The van der Waals surface area contributed by atoms with Gasteiger partial charge in [-0.3, -0.25) is 4.79 Å². The molecule has 2 aromatic rings. The molecule has 6 nitrogen and oxygen atoms in total. The molecule has 0 aromatic carbocycles. The number of aromatic amines is 1. The van der Waals surface area contributed by atoms with Crippen molar-refractivity contribution in [3.05, 3.63) is 33.1 Å². The first-order valence-corrected chi connectivity index (χ1v) is 5.42. The highest BCUT2D eigenvalue weighted by atomic mass is 32.1. The molecule has 0 saturated carbocycles. The van der Waals surface area contributed by atoms with Gasteiger partial charge in [-0.1, -0.05) is 11.3 Å². The fourth-order valence-electron chi connectivity index (χ4n) is 1.13. The highest BCUT2D eigenvalue weighted by molar-refractivity contribution is 7.07. The number of nitrogens with one attached hydrogen (secondary N) is 2. The van der Waals surface area contributed by atoms with Crippen molar-refractivity contribution < 1.29 is 4.74 Å². The van der Waals surface area contributed by atoms with Gasteiger partial charge in [0.05, 0.1) is 13.7 Å². The lowest BCUT2D eigenvalue weighted by molar-refractivity contribution is 0.397. The molecular formula is C9H10N4O2S. The number of hydrogen-bond donors (Lipinski definition) is 2. The summed E-state index contributed by atoms with van der Waals surface area (Å²) in [6.45, 7) is 0.513. The highest BCUT2D eigenvalue weighted by Gasteiger charge is 1.99. The first-order valence-electron chi connectivity index (χ1n) is 4.54. The van der Waals surface area contributed by atoms with Crippen LogP contribution in [0.15, 0.2) is 22.6 Å². The smallest absolute Gasteiger partial charge is 0.304 e. The Morgan fingerprint density at radius 2 is 2.44 bits per heavy atom. The number of ether oxygens (including phenoxy) is 1. The van der Waals surface area contributed by atoms with Crippen molar-refractivity contribution >= 4 is 17.2 Å². The molecule has 0 unspecified atom stereocenters. The Morgan fingerprint density at radius 1 is 1.56 bits per heavy atom. The average molecular weight is 238 g/mol. The number of H-pyrrole nitrogens is 1. The molecule has 0 aliphatic rings. The molecular weight excluding hydrogens is 228 g/mol. The van der Waals surface area contributed by atoms with Crippen molar-refractivity contribution in [2.24, 2.45) is 0 Å². The van der Waals surface area contributed by atoms with E-state index >= 15 is 0 Å². The Labute approximate surface area is 95.3 Å². The molecule has 0 bridgehead atoms. The fraction of sp³-hybridized carbons (Fsp3) is 0.222. The number of methoxy groups -OCH3 is 1. The molecule has 0 saturated heterocycles. The number of nitrogens with zero attached hydrogens (tertiary/aromatic N) is 2. The number of aromatic nitrogens is 3. The second-order valence-electron chi connectivity index (χ2n) is 2.97. The predicted molar refractivity (Wildman–Crippen MR) is 60.9 cm³/mol. The topological polar surface area (TPSA) is 79.9 Å². The molecule has 2 rings (SSSR count). The third-order valence-electron chi connectivity index (χ3n) is 1.88. The molecule has 0 amide bonds. The van der Waals surface area contributed by atoms with Crippen LogP contribution in [0.4, 0.5) is 5.82 Å². The minimum atomic E-state index is -0.0583. The molecule has 2 aromatic heterocycles. The molecule has 0 atom stereocenters.